The van der Waals surface area contributed by atoms with Gasteiger partial charge in [0, 0.05) is 44.3 Å². The molecule has 0 aliphatic carbocycles. The Bertz CT molecular complexity index is 2770. The molecule has 0 radical (unpaired) electrons. The fourth-order valence-electron chi connectivity index (χ4n) is 7.30. The summed E-state index contributed by atoms with van der Waals surface area (Å²) in [5.74, 6) is 0.527. The molecule has 5 heterocycles. The van der Waals surface area contributed by atoms with Gasteiger partial charge < -0.3 is 14.7 Å². The Balaban J connectivity index is 1.47. The van der Waals surface area contributed by atoms with Gasteiger partial charge in [-0.1, -0.05) is 78.4 Å². The number of benzene rings is 4. The maximum atomic E-state index is 14.7. The number of hydrogen-bond acceptors (Lipinski definition) is 3. The molecule has 9 rings (SSSR count). The van der Waals surface area contributed by atoms with Crippen molar-refractivity contribution in [2.75, 3.05) is 7.11 Å². The minimum Gasteiger partial charge on any atom is -0.497 e. The molecule has 8 bridgehead atoms. The van der Waals surface area contributed by atoms with E-state index >= 15 is 0 Å². The van der Waals surface area contributed by atoms with Gasteiger partial charge in [-0.3, -0.25) is 0 Å². The summed E-state index contributed by atoms with van der Waals surface area (Å²) in [5, 5.41) is 0. The summed E-state index contributed by atoms with van der Waals surface area (Å²) in [6.45, 7) is 3.89. The van der Waals surface area contributed by atoms with Crippen LogP contribution in [0.25, 0.3) is 90.9 Å². The Morgan fingerprint density at radius 3 is 1.34 bits per heavy atom. The van der Waals surface area contributed by atoms with E-state index in [2.05, 4.69) is 114 Å². The first-order valence-electron chi connectivity index (χ1n) is 17.6. The topological polar surface area (TPSA) is 66.6 Å². The molecule has 53 heavy (non-hydrogen) atoms. The second-order valence-electron chi connectivity index (χ2n) is 13.4. The van der Waals surface area contributed by atoms with Gasteiger partial charge in [-0.15, -0.1) is 0 Å². The fraction of sp³-hybridized carbons (Fsp3) is 0.0638. The molecule has 0 fully saturated rings. The number of fused-ring (bicyclic) bond motifs is 8. The highest BCUT2D eigenvalue weighted by molar-refractivity contribution is 5.99. The number of H-pyrrole nitrogens is 2. The summed E-state index contributed by atoms with van der Waals surface area (Å²) in [4.78, 5) is 18.2. The van der Waals surface area contributed by atoms with Gasteiger partial charge in [-0.25, -0.2) is 14.4 Å². The third-order valence-corrected chi connectivity index (χ3v) is 9.98. The predicted molar refractivity (Wildman–Crippen MR) is 217 cm³/mol. The Morgan fingerprint density at radius 2 is 0.887 bits per heavy atom. The SMILES string of the molecule is COc1ccc(-c2c3nc(c(-c4ccc(C)cc4)c4ccc([nH]4)c(-c4ccccc4)c4nc(c(-c5ccc(F)c(C)c5)c5ccc2[nH]5)C=C4)C=C3)cc1. The standard InChI is InChI=1S/C47H35FN4O/c1-28-9-11-31(12-10-28)45-38-20-19-36(49-38)44(30-7-5-4-6-8-30)37-23-25-42(51-37)47(33-15-18-35(48)29(2)27-33)43-26-24-41(52-43)46(40-22-21-39(45)50-40)32-13-16-34(53-3)17-14-32/h4-27,49,52H,1-3H3. The molecule has 2 aliphatic heterocycles. The summed E-state index contributed by atoms with van der Waals surface area (Å²) in [6, 6.07) is 40.6. The van der Waals surface area contributed by atoms with E-state index in [9.17, 15) is 4.39 Å². The smallest absolute Gasteiger partial charge is 0.126 e. The summed E-state index contributed by atoms with van der Waals surface area (Å²) in [7, 11) is 1.67. The summed E-state index contributed by atoms with van der Waals surface area (Å²) in [6.07, 6.45) is 8.31. The van der Waals surface area contributed by atoms with Crippen LogP contribution in [0.5, 0.6) is 5.75 Å². The van der Waals surface area contributed by atoms with Crippen molar-refractivity contribution in [2.45, 2.75) is 13.8 Å². The van der Waals surface area contributed by atoms with Gasteiger partial charge in [0.25, 0.3) is 0 Å². The molecule has 4 aromatic carbocycles. The maximum absolute atomic E-state index is 14.7. The molecule has 0 amide bonds. The second kappa shape index (κ2) is 13.1. The quantitative estimate of drug-likeness (QED) is 0.189. The average molecular weight is 691 g/mol. The predicted octanol–water partition coefficient (Wildman–Crippen LogP) is 12.1. The van der Waals surface area contributed by atoms with E-state index in [1.165, 1.54) is 11.6 Å². The van der Waals surface area contributed by atoms with Crippen LogP contribution < -0.4 is 4.74 Å². The van der Waals surface area contributed by atoms with E-state index < -0.39 is 0 Å². The van der Waals surface area contributed by atoms with Crippen molar-refractivity contribution in [3.05, 3.63) is 161 Å². The first kappa shape index (κ1) is 32.1. The van der Waals surface area contributed by atoms with Crippen molar-refractivity contribution in [2.24, 2.45) is 0 Å². The molecule has 3 aromatic heterocycles. The van der Waals surface area contributed by atoms with Crippen molar-refractivity contribution < 1.29 is 9.13 Å². The van der Waals surface area contributed by atoms with Crippen LogP contribution in [0.1, 0.15) is 33.9 Å². The van der Waals surface area contributed by atoms with E-state index in [-0.39, 0.29) is 5.82 Å². The molecule has 2 N–H and O–H groups in total. The monoisotopic (exact) mass is 690 g/mol. The number of aryl methyl sites for hydroxylation is 2. The Hall–Kier alpha value is -6.79. The van der Waals surface area contributed by atoms with Crippen LogP contribution in [0.4, 0.5) is 4.39 Å². The zero-order valence-electron chi connectivity index (χ0n) is 29.5. The first-order valence-corrected chi connectivity index (χ1v) is 17.6. The molecule has 7 aromatic rings. The van der Waals surface area contributed by atoms with E-state index in [4.69, 9.17) is 14.7 Å². The molecule has 0 atom stereocenters. The number of rotatable bonds is 5. The molecule has 256 valence electrons. The molecule has 6 heteroatoms. The lowest BCUT2D eigenvalue weighted by Crippen LogP contribution is -1.91. The van der Waals surface area contributed by atoms with Gasteiger partial charge in [0.15, 0.2) is 0 Å². The Morgan fingerprint density at radius 1 is 0.472 bits per heavy atom. The highest BCUT2D eigenvalue weighted by Crippen LogP contribution is 2.39. The average Bonchev–Trinajstić information content (AvgIpc) is 4.02. The normalized spacial score (nSPS) is 12.0. The molecular formula is C47H35FN4O. The van der Waals surface area contributed by atoms with Gasteiger partial charge in [0.1, 0.15) is 11.6 Å². The largest absolute Gasteiger partial charge is 0.497 e. The molecule has 0 saturated carbocycles. The second-order valence-corrected chi connectivity index (χ2v) is 13.4. The van der Waals surface area contributed by atoms with Crippen molar-refractivity contribution in [1.29, 1.82) is 0 Å². The number of nitrogens with one attached hydrogen (secondary N) is 2. The molecular weight excluding hydrogens is 656 g/mol. The van der Waals surface area contributed by atoms with Gasteiger partial charge in [0.2, 0.25) is 0 Å². The molecule has 2 aliphatic rings. The number of halogens is 1. The van der Waals surface area contributed by atoms with E-state index in [0.717, 1.165) is 95.1 Å². The Kier molecular flexibility index (Phi) is 7.93. The number of nitrogens with zero attached hydrogens (tertiary/aromatic N) is 2. The van der Waals surface area contributed by atoms with Gasteiger partial charge in [-0.05, 0) is 114 Å². The zero-order valence-corrected chi connectivity index (χ0v) is 29.5. The molecule has 0 saturated heterocycles. The lowest BCUT2D eigenvalue weighted by Gasteiger charge is -2.08. The number of ether oxygens (including phenoxy) is 1. The van der Waals surface area contributed by atoms with Crippen molar-refractivity contribution in [1.82, 2.24) is 19.9 Å². The number of aromatic amines is 2. The lowest BCUT2D eigenvalue weighted by atomic mass is 10.0. The third kappa shape index (κ3) is 5.84. The fourth-order valence-corrected chi connectivity index (χ4v) is 7.30. The minimum absolute atomic E-state index is 0.247. The van der Waals surface area contributed by atoms with Gasteiger partial charge >= 0.3 is 0 Å². The van der Waals surface area contributed by atoms with Crippen LogP contribution in [-0.2, 0) is 0 Å². The molecule has 5 nitrogen and oxygen atoms in total. The summed E-state index contributed by atoms with van der Waals surface area (Å²) in [5.41, 5.74) is 16.4. The highest BCUT2D eigenvalue weighted by atomic mass is 19.1. The van der Waals surface area contributed by atoms with E-state index in [0.29, 0.717) is 5.56 Å². The zero-order chi connectivity index (χ0) is 36.1. The van der Waals surface area contributed by atoms with Crippen LogP contribution in [0.3, 0.4) is 0 Å². The first-order chi connectivity index (χ1) is 25.9. The molecule has 0 unspecified atom stereocenters. The van der Waals surface area contributed by atoms with Gasteiger partial charge in [0.05, 0.1) is 29.9 Å². The minimum atomic E-state index is -0.247. The third-order valence-electron chi connectivity index (χ3n) is 9.98. The summed E-state index contributed by atoms with van der Waals surface area (Å²) < 4.78 is 20.2. The number of methoxy groups -OCH3 is 1. The van der Waals surface area contributed by atoms with Crippen LogP contribution >= 0.6 is 0 Å². The van der Waals surface area contributed by atoms with Crippen LogP contribution in [0.2, 0.25) is 0 Å². The lowest BCUT2D eigenvalue weighted by molar-refractivity contribution is 0.415. The van der Waals surface area contributed by atoms with E-state index in [1.54, 1.807) is 14.0 Å². The van der Waals surface area contributed by atoms with Gasteiger partial charge in [-0.2, -0.15) is 0 Å². The van der Waals surface area contributed by atoms with Crippen molar-refractivity contribution in [3.63, 3.8) is 0 Å². The van der Waals surface area contributed by atoms with Crippen LogP contribution in [0.15, 0.2) is 121 Å². The van der Waals surface area contributed by atoms with E-state index in [1.807, 2.05) is 42.5 Å². The van der Waals surface area contributed by atoms with Crippen LogP contribution in [0, 0.1) is 19.7 Å². The van der Waals surface area contributed by atoms with Crippen molar-refractivity contribution >= 4 is 46.4 Å². The molecule has 0 spiro atoms. The maximum Gasteiger partial charge on any atom is 0.126 e. The Labute approximate surface area is 306 Å². The van der Waals surface area contributed by atoms with Crippen LogP contribution in [-0.4, -0.2) is 27.0 Å². The summed E-state index contributed by atoms with van der Waals surface area (Å²) >= 11 is 0. The van der Waals surface area contributed by atoms with Crippen molar-refractivity contribution in [3.8, 4) is 50.3 Å². The number of aromatic nitrogens is 4. The number of hydrogen-bond donors (Lipinski definition) is 2. The highest BCUT2D eigenvalue weighted by Gasteiger charge is 2.19.